The zero-order valence-corrected chi connectivity index (χ0v) is 12.8. The van der Waals surface area contributed by atoms with E-state index in [-0.39, 0.29) is 12.1 Å². The summed E-state index contributed by atoms with van der Waals surface area (Å²) in [6.45, 7) is 1.13. The van der Waals surface area contributed by atoms with Gasteiger partial charge in [-0.2, -0.15) is 0 Å². The average molecular weight is 307 g/mol. The van der Waals surface area contributed by atoms with Crippen LogP contribution in [0.2, 0.25) is 0 Å². The molecule has 1 unspecified atom stereocenters. The third kappa shape index (κ3) is 2.52. The van der Waals surface area contributed by atoms with Crippen LogP contribution in [0.25, 0.3) is 0 Å². The molecule has 1 saturated heterocycles. The first-order chi connectivity index (χ1) is 10.6. The second kappa shape index (κ2) is 5.32. The van der Waals surface area contributed by atoms with Crippen LogP contribution in [0.15, 0.2) is 0 Å². The Labute approximate surface area is 130 Å². The topological polar surface area (TPSA) is 81.7 Å². The van der Waals surface area contributed by atoms with E-state index < -0.39 is 6.09 Å². The van der Waals surface area contributed by atoms with Gasteiger partial charge < -0.3 is 20.6 Å². The van der Waals surface area contributed by atoms with Crippen LogP contribution in [0.5, 0.6) is 0 Å². The normalized spacial score (nSPS) is 42.5. The molecular formula is C16H25N3O3. The molecule has 22 heavy (non-hydrogen) atoms. The molecule has 6 nitrogen and oxygen atoms in total. The quantitative estimate of drug-likeness (QED) is 0.728. The monoisotopic (exact) mass is 307 g/mol. The molecule has 4 bridgehead atoms. The van der Waals surface area contributed by atoms with Gasteiger partial charge >= 0.3 is 12.1 Å². The summed E-state index contributed by atoms with van der Waals surface area (Å²) in [6.07, 6.45) is 6.29. The molecule has 3 N–H and O–H groups in total. The van der Waals surface area contributed by atoms with E-state index >= 15 is 0 Å². The fraction of sp³-hybridized carbons (Fsp3) is 0.875. The van der Waals surface area contributed by atoms with Crippen LogP contribution in [-0.4, -0.2) is 47.3 Å². The zero-order valence-electron chi connectivity index (χ0n) is 12.8. The number of amides is 3. The first kappa shape index (κ1) is 14.2. The van der Waals surface area contributed by atoms with Crippen LogP contribution in [0.1, 0.15) is 38.5 Å². The second-order valence-corrected chi connectivity index (χ2v) is 7.79. The van der Waals surface area contributed by atoms with Gasteiger partial charge in [0.25, 0.3) is 0 Å². The van der Waals surface area contributed by atoms with Gasteiger partial charge in [0.05, 0.1) is 6.04 Å². The van der Waals surface area contributed by atoms with Crippen molar-refractivity contribution in [3.8, 4) is 0 Å². The number of likely N-dealkylation sites (tertiary alicyclic amines) is 1. The molecule has 5 rings (SSSR count). The van der Waals surface area contributed by atoms with Crippen molar-refractivity contribution in [2.45, 2.75) is 50.6 Å². The molecule has 0 radical (unpaired) electrons. The van der Waals surface area contributed by atoms with E-state index in [0.29, 0.717) is 37.4 Å². The summed E-state index contributed by atoms with van der Waals surface area (Å²) < 4.78 is 0. The van der Waals surface area contributed by atoms with Gasteiger partial charge in [-0.3, -0.25) is 0 Å². The fourth-order valence-electron chi connectivity index (χ4n) is 5.63. The van der Waals surface area contributed by atoms with Gasteiger partial charge in [-0.25, -0.2) is 9.59 Å². The third-order valence-electron chi connectivity index (χ3n) is 6.32. The van der Waals surface area contributed by atoms with Crippen molar-refractivity contribution >= 4 is 12.1 Å². The Balaban J connectivity index is 1.34. The van der Waals surface area contributed by atoms with Crippen molar-refractivity contribution in [3.05, 3.63) is 0 Å². The molecule has 0 aromatic rings. The predicted octanol–water partition coefficient (Wildman–Crippen LogP) is 1.86. The first-order valence-electron chi connectivity index (χ1n) is 8.63. The Morgan fingerprint density at radius 3 is 2.18 bits per heavy atom. The van der Waals surface area contributed by atoms with Gasteiger partial charge in [-0.15, -0.1) is 0 Å². The molecule has 6 heteroatoms. The van der Waals surface area contributed by atoms with Gasteiger partial charge in [0.1, 0.15) is 0 Å². The average Bonchev–Trinajstić information content (AvgIpc) is 2.89. The number of hydrogen-bond acceptors (Lipinski definition) is 2. The Morgan fingerprint density at radius 2 is 1.59 bits per heavy atom. The third-order valence-corrected chi connectivity index (χ3v) is 6.32. The molecule has 5 fully saturated rings. The smallest absolute Gasteiger partial charge is 0.404 e. The van der Waals surface area contributed by atoms with Gasteiger partial charge in [0.2, 0.25) is 0 Å². The largest absolute Gasteiger partial charge is 0.465 e. The molecule has 0 spiro atoms. The Kier molecular flexibility index (Phi) is 3.42. The molecule has 5 aliphatic rings. The zero-order chi connectivity index (χ0) is 15.3. The second-order valence-electron chi connectivity index (χ2n) is 7.79. The minimum atomic E-state index is -1.01. The van der Waals surface area contributed by atoms with Crippen LogP contribution in [0.3, 0.4) is 0 Å². The molecule has 1 aliphatic heterocycles. The lowest BCUT2D eigenvalue weighted by molar-refractivity contribution is -0.0107. The minimum Gasteiger partial charge on any atom is -0.465 e. The highest BCUT2D eigenvalue weighted by Gasteiger charge is 2.49. The summed E-state index contributed by atoms with van der Waals surface area (Å²) >= 11 is 0. The first-order valence-corrected chi connectivity index (χ1v) is 8.63. The van der Waals surface area contributed by atoms with Crippen molar-refractivity contribution in [1.82, 2.24) is 15.5 Å². The van der Waals surface area contributed by atoms with E-state index in [1.807, 2.05) is 0 Å². The van der Waals surface area contributed by atoms with E-state index in [1.54, 1.807) is 4.90 Å². The molecule has 0 aromatic carbocycles. The lowest BCUT2D eigenvalue weighted by atomic mass is 9.54. The number of carboxylic acid groups (broad SMARTS) is 1. The standard InChI is InChI=1S/C16H25N3O3/c20-15(19-2-1-13(8-19)17-16(21)22)18-14-11-4-9-3-10(6-11)7-12(14)5-9/h9-14,17H,1-8H2,(H,18,20)(H,21,22). The molecule has 1 atom stereocenters. The van der Waals surface area contributed by atoms with E-state index in [1.165, 1.54) is 32.1 Å². The Bertz CT molecular complexity index is 453. The summed E-state index contributed by atoms with van der Waals surface area (Å²) in [5, 5.41) is 14.5. The summed E-state index contributed by atoms with van der Waals surface area (Å²) in [5.41, 5.74) is 0. The summed E-state index contributed by atoms with van der Waals surface area (Å²) in [7, 11) is 0. The predicted molar refractivity (Wildman–Crippen MR) is 80.5 cm³/mol. The van der Waals surface area contributed by atoms with Crippen LogP contribution in [-0.2, 0) is 0 Å². The summed E-state index contributed by atoms with van der Waals surface area (Å²) in [4.78, 5) is 25.0. The minimum absolute atomic E-state index is 0.00663. The highest BCUT2D eigenvalue weighted by atomic mass is 16.4. The Hall–Kier alpha value is -1.46. The molecule has 4 saturated carbocycles. The van der Waals surface area contributed by atoms with Crippen LogP contribution in [0, 0.1) is 23.7 Å². The molecule has 0 aromatic heterocycles. The van der Waals surface area contributed by atoms with E-state index in [9.17, 15) is 9.59 Å². The molecule has 3 amide bonds. The number of urea groups is 1. The maximum absolute atomic E-state index is 12.5. The SMILES string of the molecule is O=C(O)NC1CCN(C(=O)NC2C3CC4CC(C3)CC2C4)C1. The van der Waals surface area contributed by atoms with Crippen molar-refractivity contribution in [2.75, 3.05) is 13.1 Å². The molecule has 1 heterocycles. The van der Waals surface area contributed by atoms with Crippen LogP contribution in [0.4, 0.5) is 9.59 Å². The maximum atomic E-state index is 12.5. The van der Waals surface area contributed by atoms with Gasteiger partial charge in [0.15, 0.2) is 0 Å². The fourth-order valence-corrected chi connectivity index (χ4v) is 5.63. The molecule has 122 valence electrons. The number of carbonyl (C=O) groups excluding carboxylic acids is 1. The highest BCUT2D eigenvalue weighted by Crippen LogP contribution is 2.53. The van der Waals surface area contributed by atoms with Crippen LogP contribution < -0.4 is 10.6 Å². The van der Waals surface area contributed by atoms with Crippen molar-refractivity contribution < 1.29 is 14.7 Å². The highest BCUT2D eigenvalue weighted by molar-refractivity contribution is 5.75. The number of nitrogens with zero attached hydrogens (tertiary/aromatic N) is 1. The maximum Gasteiger partial charge on any atom is 0.404 e. The summed E-state index contributed by atoms with van der Waals surface area (Å²) in [6, 6.07) is 0.237. The van der Waals surface area contributed by atoms with Crippen LogP contribution >= 0.6 is 0 Å². The number of nitrogens with one attached hydrogen (secondary N) is 2. The Morgan fingerprint density at radius 1 is 0.955 bits per heavy atom. The number of rotatable bonds is 2. The van der Waals surface area contributed by atoms with E-state index in [2.05, 4.69) is 10.6 Å². The lowest BCUT2D eigenvalue weighted by Crippen LogP contribution is -2.57. The molecule has 4 aliphatic carbocycles. The number of carbonyl (C=O) groups is 2. The van der Waals surface area contributed by atoms with E-state index in [4.69, 9.17) is 5.11 Å². The molecular weight excluding hydrogens is 282 g/mol. The summed E-state index contributed by atoms with van der Waals surface area (Å²) in [5.74, 6) is 3.17. The lowest BCUT2D eigenvalue weighted by Gasteiger charge is -2.54. The van der Waals surface area contributed by atoms with Gasteiger partial charge in [-0.05, 0) is 62.2 Å². The van der Waals surface area contributed by atoms with Crippen molar-refractivity contribution in [1.29, 1.82) is 0 Å². The van der Waals surface area contributed by atoms with Gasteiger partial charge in [-0.1, -0.05) is 0 Å². The van der Waals surface area contributed by atoms with E-state index in [0.717, 1.165) is 11.8 Å². The van der Waals surface area contributed by atoms with Crippen molar-refractivity contribution in [3.63, 3.8) is 0 Å². The van der Waals surface area contributed by atoms with Crippen molar-refractivity contribution in [2.24, 2.45) is 23.7 Å². The van der Waals surface area contributed by atoms with Gasteiger partial charge in [0, 0.05) is 19.1 Å². The number of hydrogen-bond donors (Lipinski definition) is 3.